The molecule has 1 heterocycles. The molecule has 4 heteroatoms. The van der Waals surface area contributed by atoms with Crippen molar-refractivity contribution < 1.29 is 0 Å². The van der Waals surface area contributed by atoms with E-state index < -0.39 is 0 Å². The van der Waals surface area contributed by atoms with Crippen LogP contribution >= 0.6 is 11.6 Å². The lowest BCUT2D eigenvalue weighted by Crippen LogP contribution is -2.06. The molecule has 0 amide bonds. The van der Waals surface area contributed by atoms with Crippen LogP contribution in [-0.4, -0.2) is 9.97 Å². The molecule has 0 aliphatic rings. The van der Waals surface area contributed by atoms with Gasteiger partial charge in [0.25, 0.3) is 0 Å². The Morgan fingerprint density at radius 2 is 1.50 bits per heavy atom. The fraction of sp³-hybridized carbons (Fsp3) is 0.286. The first kappa shape index (κ1) is 12.8. The maximum absolute atomic E-state index is 5.92. The lowest BCUT2D eigenvalue weighted by atomic mass is 9.99. The zero-order chi connectivity index (χ0) is 13.1. The van der Waals surface area contributed by atoms with E-state index in [1.807, 2.05) is 24.3 Å². The topological polar surface area (TPSA) is 51.8 Å². The van der Waals surface area contributed by atoms with Gasteiger partial charge in [-0.15, -0.1) is 0 Å². The summed E-state index contributed by atoms with van der Waals surface area (Å²) in [7, 11) is 0. The van der Waals surface area contributed by atoms with Gasteiger partial charge < -0.3 is 5.73 Å². The molecule has 3 nitrogen and oxygen atoms in total. The van der Waals surface area contributed by atoms with Crippen LogP contribution in [0.15, 0.2) is 24.3 Å². The number of hydrogen-bond acceptors (Lipinski definition) is 3. The second kappa shape index (κ2) is 5.36. The molecule has 2 rings (SSSR count). The first-order valence-corrected chi connectivity index (χ1v) is 6.44. The van der Waals surface area contributed by atoms with Gasteiger partial charge in [0, 0.05) is 10.6 Å². The molecule has 94 valence electrons. The normalized spacial score (nSPS) is 10.6. The summed E-state index contributed by atoms with van der Waals surface area (Å²) in [6.45, 7) is 4.14. The van der Waals surface area contributed by atoms with Crippen molar-refractivity contribution in [3.63, 3.8) is 0 Å². The second-order valence-corrected chi connectivity index (χ2v) is 4.50. The van der Waals surface area contributed by atoms with Gasteiger partial charge in [-0.25, -0.2) is 9.97 Å². The SMILES string of the molecule is CCc1nc(N)nc(CC)c1-c1ccc(Cl)cc1. The maximum Gasteiger partial charge on any atom is 0.220 e. The number of aryl methyl sites for hydroxylation is 2. The molecule has 0 saturated carbocycles. The Labute approximate surface area is 112 Å². The predicted molar refractivity (Wildman–Crippen MR) is 75.6 cm³/mol. The van der Waals surface area contributed by atoms with Crippen LogP contribution in [0, 0.1) is 0 Å². The Hall–Kier alpha value is -1.61. The molecule has 0 aliphatic carbocycles. The van der Waals surface area contributed by atoms with Crippen LogP contribution in [0.3, 0.4) is 0 Å². The highest BCUT2D eigenvalue weighted by Crippen LogP contribution is 2.28. The predicted octanol–water partition coefficient (Wildman–Crippen LogP) is 3.50. The molecule has 0 bridgehead atoms. The van der Waals surface area contributed by atoms with Gasteiger partial charge >= 0.3 is 0 Å². The zero-order valence-electron chi connectivity index (χ0n) is 10.6. The van der Waals surface area contributed by atoms with Crippen molar-refractivity contribution in [2.45, 2.75) is 26.7 Å². The van der Waals surface area contributed by atoms with Crippen molar-refractivity contribution in [3.8, 4) is 11.1 Å². The molecule has 0 radical (unpaired) electrons. The van der Waals surface area contributed by atoms with Crippen molar-refractivity contribution in [1.82, 2.24) is 9.97 Å². The van der Waals surface area contributed by atoms with Crippen LogP contribution in [0.4, 0.5) is 5.95 Å². The molecule has 0 atom stereocenters. The van der Waals surface area contributed by atoms with Gasteiger partial charge in [0.1, 0.15) is 0 Å². The number of aromatic nitrogens is 2. The maximum atomic E-state index is 5.92. The fourth-order valence-corrected chi connectivity index (χ4v) is 2.17. The molecule has 0 aliphatic heterocycles. The summed E-state index contributed by atoms with van der Waals surface area (Å²) in [5.74, 6) is 0.349. The van der Waals surface area contributed by atoms with Crippen LogP contribution in [-0.2, 0) is 12.8 Å². The van der Waals surface area contributed by atoms with Gasteiger partial charge in [0.15, 0.2) is 0 Å². The summed E-state index contributed by atoms with van der Waals surface area (Å²) in [5, 5.41) is 0.728. The van der Waals surface area contributed by atoms with Crippen molar-refractivity contribution in [3.05, 3.63) is 40.7 Å². The first-order valence-electron chi connectivity index (χ1n) is 6.06. The van der Waals surface area contributed by atoms with Gasteiger partial charge in [0.2, 0.25) is 5.95 Å². The molecule has 0 unspecified atom stereocenters. The number of nitrogen functional groups attached to an aromatic ring is 1. The molecule has 0 fully saturated rings. The number of nitrogens with two attached hydrogens (primary N) is 1. The lowest BCUT2D eigenvalue weighted by molar-refractivity contribution is 0.952. The van der Waals surface area contributed by atoms with Crippen LogP contribution in [0.5, 0.6) is 0 Å². The van der Waals surface area contributed by atoms with Crippen LogP contribution < -0.4 is 5.73 Å². The highest BCUT2D eigenvalue weighted by Gasteiger charge is 2.12. The lowest BCUT2D eigenvalue weighted by Gasteiger charge is -2.12. The summed E-state index contributed by atoms with van der Waals surface area (Å²) in [5.41, 5.74) is 9.89. The van der Waals surface area contributed by atoms with Crippen LogP contribution in [0.1, 0.15) is 25.2 Å². The first-order chi connectivity index (χ1) is 8.65. The number of rotatable bonds is 3. The molecule has 2 aromatic rings. The van der Waals surface area contributed by atoms with E-state index in [1.54, 1.807) is 0 Å². The Morgan fingerprint density at radius 3 is 1.94 bits per heavy atom. The Bertz CT molecular complexity index is 524. The molecule has 0 saturated heterocycles. The van der Waals surface area contributed by atoms with Gasteiger partial charge in [0.05, 0.1) is 11.4 Å². The summed E-state index contributed by atoms with van der Waals surface area (Å²) < 4.78 is 0. The third-order valence-electron chi connectivity index (χ3n) is 2.88. The van der Waals surface area contributed by atoms with Crippen molar-refractivity contribution >= 4 is 17.5 Å². The molecule has 2 N–H and O–H groups in total. The molecule has 18 heavy (non-hydrogen) atoms. The summed E-state index contributed by atoms with van der Waals surface area (Å²) in [6, 6.07) is 7.75. The fourth-order valence-electron chi connectivity index (χ4n) is 2.04. The van der Waals surface area contributed by atoms with E-state index in [1.165, 1.54) is 0 Å². The number of halogens is 1. The molecular formula is C14H16ClN3. The molecule has 1 aromatic carbocycles. The van der Waals surface area contributed by atoms with Gasteiger partial charge in [-0.2, -0.15) is 0 Å². The monoisotopic (exact) mass is 261 g/mol. The third kappa shape index (κ3) is 2.46. The van der Waals surface area contributed by atoms with E-state index >= 15 is 0 Å². The van der Waals surface area contributed by atoms with Gasteiger partial charge in [-0.3, -0.25) is 0 Å². The van der Waals surface area contributed by atoms with Crippen molar-refractivity contribution in [2.24, 2.45) is 0 Å². The highest BCUT2D eigenvalue weighted by atomic mass is 35.5. The minimum atomic E-state index is 0.349. The number of hydrogen-bond donors (Lipinski definition) is 1. The Kier molecular flexibility index (Phi) is 3.82. The average molecular weight is 262 g/mol. The standard InChI is InChI=1S/C14H16ClN3/c1-3-11-13(9-5-7-10(15)8-6-9)12(4-2)18-14(16)17-11/h5-8H,3-4H2,1-2H3,(H2,16,17,18). The van der Waals surface area contributed by atoms with E-state index in [4.69, 9.17) is 17.3 Å². The van der Waals surface area contributed by atoms with E-state index in [0.29, 0.717) is 5.95 Å². The second-order valence-electron chi connectivity index (χ2n) is 4.06. The van der Waals surface area contributed by atoms with Gasteiger partial charge in [-0.05, 0) is 30.5 Å². The minimum absolute atomic E-state index is 0.349. The third-order valence-corrected chi connectivity index (χ3v) is 3.13. The summed E-state index contributed by atoms with van der Waals surface area (Å²) in [4.78, 5) is 8.67. The quantitative estimate of drug-likeness (QED) is 0.920. The zero-order valence-corrected chi connectivity index (χ0v) is 11.3. The van der Waals surface area contributed by atoms with Crippen LogP contribution in [0.25, 0.3) is 11.1 Å². The smallest absolute Gasteiger partial charge is 0.220 e. The summed E-state index contributed by atoms with van der Waals surface area (Å²) >= 11 is 5.92. The van der Waals surface area contributed by atoms with E-state index in [0.717, 1.165) is 40.4 Å². The van der Waals surface area contributed by atoms with Crippen molar-refractivity contribution in [2.75, 3.05) is 5.73 Å². The number of nitrogens with zero attached hydrogens (tertiary/aromatic N) is 2. The molecule has 0 spiro atoms. The largest absolute Gasteiger partial charge is 0.368 e. The number of benzene rings is 1. The van der Waals surface area contributed by atoms with Crippen LogP contribution in [0.2, 0.25) is 5.02 Å². The van der Waals surface area contributed by atoms with Gasteiger partial charge in [-0.1, -0.05) is 37.6 Å². The highest BCUT2D eigenvalue weighted by molar-refractivity contribution is 6.30. The number of anilines is 1. The minimum Gasteiger partial charge on any atom is -0.368 e. The Balaban J connectivity index is 2.64. The van der Waals surface area contributed by atoms with E-state index in [9.17, 15) is 0 Å². The van der Waals surface area contributed by atoms with E-state index in [-0.39, 0.29) is 0 Å². The average Bonchev–Trinajstić information content (AvgIpc) is 2.39. The Morgan fingerprint density at radius 1 is 1.00 bits per heavy atom. The van der Waals surface area contributed by atoms with E-state index in [2.05, 4.69) is 23.8 Å². The molecule has 1 aromatic heterocycles. The van der Waals surface area contributed by atoms with Crippen molar-refractivity contribution in [1.29, 1.82) is 0 Å². The molecular weight excluding hydrogens is 246 g/mol. The summed E-state index contributed by atoms with van der Waals surface area (Å²) in [6.07, 6.45) is 1.66.